The molecule has 0 fully saturated rings. The molecule has 0 radical (unpaired) electrons. The lowest BCUT2D eigenvalue weighted by Gasteiger charge is -2.25. The Hall–Kier alpha value is -1.51. The van der Waals surface area contributed by atoms with Crippen LogP contribution in [0.2, 0.25) is 0 Å². The molecule has 0 spiro atoms. The molecule has 0 saturated heterocycles. The van der Waals surface area contributed by atoms with Gasteiger partial charge in [-0.3, -0.25) is 14.6 Å². The van der Waals surface area contributed by atoms with Crippen LogP contribution in [-0.2, 0) is 9.59 Å². The van der Waals surface area contributed by atoms with Crippen molar-refractivity contribution in [3.63, 3.8) is 0 Å². The molecule has 0 amide bonds. The summed E-state index contributed by atoms with van der Waals surface area (Å²) in [5.41, 5.74) is 0.160. The summed E-state index contributed by atoms with van der Waals surface area (Å²) in [5.74, 6) is 0.221. The van der Waals surface area contributed by atoms with Gasteiger partial charge < -0.3 is 0 Å². The van der Waals surface area contributed by atoms with Crippen LogP contribution in [0, 0.1) is 16.7 Å². The van der Waals surface area contributed by atoms with E-state index in [0.717, 1.165) is 5.57 Å². The lowest BCUT2D eigenvalue weighted by molar-refractivity contribution is -0.129. The molecule has 0 aliphatic heterocycles. The first-order valence-corrected chi connectivity index (χ1v) is 7.78. The normalized spacial score (nSPS) is 13.7. The first-order chi connectivity index (χ1) is 9.93. The SMILES string of the molecule is C=N/C=C\C(=C/C)C(CC(=O)C(C)(C)C)CC(=O)C(C)(C)C. The van der Waals surface area contributed by atoms with E-state index in [1.165, 1.54) is 0 Å². The Labute approximate surface area is 135 Å². The van der Waals surface area contributed by atoms with E-state index in [9.17, 15) is 9.59 Å². The Morgan fingerprint density at radius 3 is 1.68 bits per heavy atom. The Morgan fingerprint density at radius 1 is 1.00 bits per heavy atom. The lowest BCUT2D eigenvalue weighted by Crippen LogP contribution is -2.28. The van der Waals surface area contributed by atoms with Gasteiger partial charge >= 0.3 is 0 Å². The van der Waals surface area contributed by atoms with Gasteiger partial charge in [0.05, 0.1) is 0 Å². The van der Waals surface area contributed by atoms with Gasteiger partial charge in [0.2, 0.25) is 0 Å². The third kappa shape index (κ3) is 6.97. The number of rotatable bonds is 7. The molecular weight excluding hydrogens is 274 g/mol. The van der Waals surface area contributed by atoms with Gasteiger partial charge in [-0.25, -0.2) is 0 Å². The summed E-state index contributed by atoms with van der Waals surface area (Å²) in [6.45, 7) is 16.8. The number of hydrogen-bond donors (Lipinski definition) is 0. The Bertz CT molecular complexity index is 443. The predicted octanol–water partition coefficient (Wildman–Crippen LogP) is 4.77. The van der Waals surface area contributed by atoms with Gasteiger partial charge in [0.25, 0.3) is 0 Å². The molecule has 0 unspecified atom stereocenters. The van der Waals surface area contributed by atoms with Crippen LogP contribution in [-0.4, -0.2) is 18.3 Å². The fourth-order valence-corrected chi connectivity index (χ4v) is 1.97. The molecule has 3 nitrogen and oxygen atoms in total. The molecule has 0 aromatic heterocycles. The average Bonchev–Trinajstić information content (AvgIpc) is 2.36. The van der Waals surface area contributed by atoms with E-state index < -0.39 is 10.8 Å². The van der Waals surface area contributed by atoms with Gasteiger partial charge in [0, 0.05) is 29.9 Å². The second kappa shape index (κ2) is 8.21. The highest BCUT2D eigenvalue weighted by molar-refractivity contribution is 5.87. The van der Waals surface area contributed by atoms with Gasteiger partial charge in [-0.15, -0.1) is 0 Å². The fraction of sp³-hybridized carbons (Fsp3) is 0.632. The molecule has 0 aliphatic rings. The Kier molecular flexibility index (Phi) is 7.65. The quantitative estimate of drug-likeness (QED) is 0.502. The molecule has 0 bridgehead atoms. The van der Waals surface area contributed by atoms with E-state index in [-0.39, 0.29) is 17.5 Å². The zero-order valence-corrected chi connectivity index (χ0v) is 15.2. The van der Waals surface area contributed by atoms with Crippen molar-refractivity contribution < 1.29 is 9.59 Å². The van der Waals surface area contributed by atoms with Crippen molar-refractivity contribution in [1.82, 2.24) is 0 Å². The van der Waals surface area contributed by atoms with Crippen LogP contribution in [0.15, 0.2) is 28.9 Å². The molecule has 0 heterocycles. The second-order valence-corrected chi connectivity index (χ2v) is 7.74. The van der Waals surface area contributed by atoms with Crippen LogP contribution in [0.25, 0.3) is 0 Å². The van der Waals surface area contributed by atoms with Crippen molar-refractivity contribution in [2.75, 3.05) is 0 Å². The maximum atomic E-state index is 12.4. The van der Waals surface area contributed by atoms with Crippen LogP contribution in [0.1, 0.15) is 61.3 Å². The van der Waals surface area contributed by atoms with Crippen LogP contribution in [0.4, 0.5) is 0 Å². The molecule has 3 heteroatoms. The van der Waals surface area contributed by atoms with E-state index in [1.807, 2.05) is 60.6 Å². The van der Waals surface area contributed by atoms with E-state index in [1.54, 1.807) is 6.20 Å². The van der Waals surface area contributed by atoms with Crippen LogP contribution < -0.4 is 0 Å². The number of aliphatic imine (C=N–C) groups is 1. The summed E-state index contributed by atoms with van der Waals surface area (Å²) in [4.78, 5) is 28.5. The number of nitrogens with zero attached hydrogens (tertiary/aromatic N) is 1. The molecule has 0 saturated carbocycles. The number of ketones is 2. The van der Waals surface area contributed by atoms with Gasteiger partial charge in [0.1, 0.15) is 11.6 Å². The average molecular weight is 305 g/mol. The van der Waals surface area contributed by atoms with Gasteiger partial charge in [-0.2, -0.15) is 0 Å². The predicted molar refractivity (Wildman–Crippen MR) is 94.1 cm³/mol. The molecular formula is C19H31NO2. The summed E-state index contributed by atoms with van der Waals surface area (Å²) >= 11 is 0. The minimum atomic E-state index is -0.401. The summed E-state index contributed by atoms with van der Waals surface area (Å²) in [7, 11) is 0. The lowest BCUT2D eigenvalue weighted by atomic mass is 9.77. The number of carbonyl (C=O) groups excluding carboxylic acids is 2. The minimum absolute atomic E-state index is 0.110. The first kappa shape index (κ1) is 20.5. The smallest absolute Gasteiger partial charge is 0.138 e. The maximum absolute atomic E-state index is 12.4. The second-order valence-electron chi connectivity index (χ2n) is 7.74. The zero-order chi connectivity index (χ0) is 17.6. The molecule has 0 atom stereocenters. The third-order valence-electron chi connectivity index (χ3n) is 3.71. The van der Waals surface area contributed by atoms with Crippen molar-refractivity contribution >= 4 is 18.3 Å². The number of carbonyl (C=O) groups is 2. The van der Waals surface area contributed by atoms with Gasteiger partial charge in [0.15, 0.2) is 0 Å². The van der Waals surface area contributed by atoms with E-state index in [4.69, 9.17) is 0 Å². The van der Waals surface area contributed by atoms with Crippen molar-refractivity contribution in [1.29, 1.82) is 0 Å². The summed E-state index contributed by atoms with van der Waals surface area (Å²) in [6.07, 6.45) is 6.12. The first-order valence-electron chi connectivity index (χ1n) is 7.78. The standard InChI is InChI=1S/C19H31NO2/c1-9-14(10-11-20-8)15(12-16(21)18(2,3)4)13-17(22)19(5,6)7/h9-11,15H,8,12-13H2,1-7H3/b11-10-,14-9+. The largest absolute Gasteiger partial charge is 0.299 e. The summed E-state index contributed by atoms with van der Waals surface area (Å²) in [6, 6.07) is 0. The molecule has 124 valence electrons. The molecule has 0 aromatic carbocycles. The highest BCUT2D eigenvalue weighted by atomic mass is 16.1. The van der Waals surface area contributed by atoms with E-state index in [0.29, 0.717) is 12.8 Å². The zero-order valence-electron chi connectivity index (χ0n) is 15.2. The third-order valence-corrected chi connectivity index (χ3v) is 3.71. The van der Waals surface area contributed by atoms with Crippen molar-refractivity contribution in [3.8, 4) is 0 Å². The fourth-order valence-electron chi connectivity index (χ4n) is 1.97. The van der Waals surface area contributed by atoms with Crippen LogP contribution >= 0.6 is 0 Å². The highest BCUT2D eigenvalue weighted by Crippen LogP contribution is 2.30. The van der Waals surface area contributed by atoms with Crippen LogP contribution in [0.3, 0.4) is 0 Å². The number of Topliss-reactive ketones (excluding diaryl/α,β-unsaturated/α-hetero) is 2. The summed E-state index contributed by atoms with van der Waals surface area (Å²) in [5, 5.41) is 0. The van der Waals surface area contributed by atoms with Gasteiger partial charge in [-0.05, 0) is 31.2 Å². The van der Waals surface area contributed by atoms with Crippen molar-refractivity contribution in [2.45, 2.75) is 61.3 Å². The number of allylic oxidation sites excluding steroid dienone is 3. The highest BCUT2D eigenvalue weighted by Gasteiger charge is 2.30. The van der Waals surface area contributed by atoms with Crippen LogP contribution in [0.5, 0.6) is 0 Å². The molecule has 0 aliphatic carbocycles. The van der Waals surface area contributed by atoms with Crippen molar-refractivity contribution in [2.24, 2.45) is 21.7 Å². The number of hydrogen-bond acceptors (Lipinski definition) is 3. The maximum Gasteiger partial charge on any atom is 0.138 e. The summed E-state index contributed by atoms with van der Waals surface area (Å²) < 4.78 is 0. The van der Waals surface area contributed by atoms with E-state index in [2.05, 4.69) is 11.7 Å². The molecule has 0 rings (SSSR count). The van der Waals surface area contributed by atoms with E-state index >= 15 is 0 Å². The molecule has 0 aromatic rings. The monoisotopic (exact) mass is 305 g/mol. The molecule has 0 N–H and O–H groups in total. The van der Waals surface area contributed by atoms with Gasteiger partial charge in [-0.1, -0.05) is 47.6 Å². The minimum Gasteiger partial charge on any atom is -0.299 e. The van der Waals surface area contributed by atoms with Crippen molar-refractivity contribution in [3.05, 3.63) is 23.9 Å². The Morgan fingerprint density at radius 2 is 1.41 bits per heavy atom. The molecule has 22 heavy (non-hydrogen) atoms. The topological polar surface area (TPSA) is 46.5 Å². The Balaban J connectivity index is 5.40.